The van der Waals surface area contributed by atoms with Gasteiger partial charge in [0.1, 0.15) is 0 Å². The minimum Gasteiger partial charge on any atom is -0.313 e. The van der Waals surface area contributed by atoms with Gasteiger partial charge in [0, 0.05) is 6.04 Å². The van der Waals surface area contributed by atoms with Crippen LogP contribution in [0.4, 0.5) is 0 Å². The summed E-state index contributed by atoms with van der Waals surface area (Å²) in [4.78, 5) is 0. The standard InChI is InChI=1S/C15H29NO2S/c1-5-15(3,4)12-6-7-13-14(10-12)19(17,18)11(2)8-9-16-13/h11-14,16H,5-10H2,1-4H3. The summed E-state index contributed by atoms with van der Waals surface area (Å²) in [6.45, 7) is 9.53. The van der Waals surface area contributed by atoms with Gasteiger partial charge in [0.2, 0.25) is 0 Å². The molecule has 1 saturated heterocycles. The van der Waals surface area contributed by atoms with E-state index in [9.17, 15) is 8.42 Å². The van der Waals surface area contributed by atoms with Crippen LogP contribution in [0, 0.1) is 11.3 Å². The van der Waals surface area contributed by atoms with Crippen molar-refractivity contribution in [3.05, 3.63) is 0 Å². The highest BCUT2D eigenvalue weighted by Gasteiger charge is 2.45. The molecule has 1 aliphatic heterocycles. The zero-order valence-electron chi connectivity index (χ0n) is 12.8. The number of sulfone groups is 1. The molecule has 4 unspecified atom stereocenters. The van der Waals surface area contributed by atoms with Crippen molar-refractivity contribution >= 4 is 9.84 Å². The van der Waals surface area contributed by atoms with Gasteiger partial charge in [-0.05, 0) is 50.5 Å². The van der Waals surface area contributed by atoms with E-state index in [1.165, 1.54) is 6.42 Å². The van der Waals surface area contributed by atoms with E-state index in [-0.39, 0.29) is 22.0 Å². The van der Waals surface area contributed by atoms with Crippen molar-refractivity contribution in [1.29, 1.82) is 0 Å². The summed E-state index contributed by atoms with van der Waals surface area (Å²) in [5, 5.41) is 3.14. The first-order valence-corrected chi connectivity index (χ1v) is 9.36. The molecule has 2 rings (SSSR count). The van der Waals surface area contributed by atoms with Gasteiger partial charge in [-0.25, -0.2) is 8.42 Å². The Balaban J connectivity index is 2.24. The fourth-order valence-corrected chi connectivity index (χ4v) is 5.89. The minimum atomic E-state index is -2.96. The number of rotatable bonds is 2. The molecule has 0 spiro atoms. The van der Waals surface area contributed by atoms with E-state index in [4.69, 9.17) is 0 Å². The lowest BCUT2D eigenvalue weighted by Gasteiger charge is -2.42. The molecule has 1 heterocycles. The van der Waals surface area contributed by atoms with Gasteiger partial charge in [-0.3, -0.25) is 0 Å². The van der Waals surface area contributed by atoms with E-state index >= 15 is 0 Å². The third-order valence-electron chi connectivity index (χ3n) is 5.75. The van der Waals surface area contributed by atoms with Gasteiger partial charge in [-0.15, -0.1) is 0 Å². The molecule has 0 radical (unpaired) electrons. The van der Waals surface area contributed by atoms with Crippen molar-refractivity contribution in [3.63, 3.8) is 0 Å². The Labute approximate surface area is 118 Å². The summed E-state index contributed by atoms with van der Waals surface area (Å²) in [5.74, 6) is 0.542. The molecule has 0 amide bonds. The van der Waals surface area contributed by atoms with E-state index in [0.717, 1.165) is 32.2 Å². The number of hydrogen-bond donors (Lipinski definition) is 1. The van der Waals surface area contributed by atoms with Crippen molar-refractivity contribution in [2.75, 3.05) is 6.54 Å². The molecule has 112 valence electrons. The maximum Gasteiger partial charge on any atom is 0.157 e. The Morgan fingerprint density at radius 1 is 1.21 bits per heavy atom. The highest BCUT2D eigenvalue weighted by molar-refractivity contribution is 7.92. The van der Waals surface area contributed by atoms with Crippen LogP contribution in [0.3, 0.4) is 0 Å². The van der Waals surface area contributed by atoms with Crippen molar-refractivity contribution in [2.45, 2.75) is 76.3 Å². The second-order valence-corrected chi connectivity index (χ2v) is 9.73. The van der Waals surface area contributed by atoms with Crippen LogP contribution >= 0.6 is 0 Å². The van der Waals surface area contributed by atoms with E-state index < -0.39 is 9.84 Å². The lowest BCUT2D eigenvalue weighted by Crippen LogP contribution is -2.49. The molecule has 0 aromatic rings. The van der Waals surface area contributed by atoms with Crippen molar-refractivity contribution in [1.82, 2.24) is 5.32 Å². The van der Waals surface area contributed by atoms with Gasteiger partial charge in [0.25, 0.3) is 0 Å². The molecular formula is C15H29NO2S. The topological polar surface area (TPSA) is 46.2 Å². The zero-order valence-corrected chi connectivity index (χ0v) is 13.6. The van der Waals surface area contributed by atoms with Crippen LogP contribution in [0.2, 0.25) is 0 Å². The van der Waals surface area contributed by atoms with Gasteiger partial charge in [-0.2, -0.15) is 0 Å². The Bertz CT molecular complexity index is 416. The summed E-state index contributed by atoms with van der Waals surface area (Å²) >= 11 is 0. The monoisotopic (exact) mass is 287 g/mol. The van der Waals surface area contributed by atoms with Gasteiger partial charge < -0.3 is 5.32 Å². The predicted molar refractivity (Wildman–Crippen MR) is 80.0 cm³/mol. The van der Waals surface area contributed by atoms with Crippen molar-refractivity contribution in [2.24, 2.45) is 11.3 Å². The van der Waals surface area contributed by atoms with Gasteiger partial charge in [0.15, 0.2) is 9.84 Å². The maximum atomic E-state index is 12.7. The molecular weight excluding hydrogens is 258 g/mol. The molecule has 19 heavy (non-hydrogen) atoms. The molecule has 0 aromatic carbocycles. The summed E-state index contributed by atoms with van der Waals surface area (Å²) < 4.78 is 25.4. The highest BCUT2D eigenvalue weighted by Crippen LogP contribution is 2.43. The van der Waals surface area contributed by atoms with Crippen molar-refractivity contribution < 1.29 is 8.42 Å². The fraction of sp³-hybridized carbons (Fsp3) is 1.00. The lowest BCUT2D eigenvalue weighted by molar-refractivity contribution is 0.140. The Morgan fingerprint density at radius 3 is 2.53 bits per heavy atom. The SMILES string of the molecule is CCC(C)(C)C1CCC2NCCC(C)S(=O)(=O)C2C1. The molecule has 4 atom stereocenters. The molecule has 2 aliphatic rings. The molecule has 4 heteroatoms. The first kappa shape index (κ1) is 15.3. The first-order chi connectivity index (χ1) is 8.79. The molecule has 1 aliphatic carbocycles. The van der Waals surface area contributed by atoms with Gasteiger partial charge in [0.05, 0.1) is 10.5 Å². The molecule has 0 aromatic heterocycles. The second-order valence-electron chi connectivity index (χ2n) is 7.14. The van der Waals surface area contributed by atoms with Crippen LogP contribution in [0.25, 0.3) is 0 Å². The molecule has 3 nitrogen and oxygen atoms in total. The number of hydrogen-bond acceptors (Lipinski definition) is 3. The van der Waals surface area contributed by atoms with E-state index in [0.29, 0.717) is 5.92 Å². The normalized spacial score (nSPS) is 39.4. The van der Waals surface area contributed by atoms with Gasteiger partial charge in [-0.1, -0.05) is 27.2 Å². The Kier molecular flexibility index (Phi) is 4.32. The summed E-state index contributed by atoms with van der Waals surface area (Å²) in [6.07, 6.45) is 4.92. The largest absolute Gasteiger partial charge is 0.313 e. The number of fused-ring (bicyclic) bond motifs is 1. The van der Waals surface area contributed by atoms with E-state index in [1.807, 2.05) is 6.92 Å². The van der Waals surface area contributed by atoms with Crippen LogP contribution < -0.4 is 5.32 Å². The third-order valence-corrected chi connectivity index (χ3v) is 8.47. The smallest absolute Gasteiger partial charge is 0.157 e. The fourth-order valence-electron chi connectivity index (χ4n) is 3.66. The highest BCUT2D eigenvalue weighted by atomic mass is 32.2. The average molecular weight is 287 g/mol. The molecule has 2 fully saturated rings. The first-order valence-electron chi connectivity index (χ1n) is 7.75. The van der Waals surface area contributed by atoms with E-state index in [1.54, 1.807) is 0 Å². The second kappa shape index (κ2) is 5.36. The summed E-state index contributed by atoms with van der Waals surface area (Å²) in [6, 6.07) is 0.193. The maximum absolute atomic E-state index is 12.7. The predicted octanol–water partition coefficient (Wildman–Crippen LogP) is 2.76. The molecule has 0 bridgehead atoms. The van der Waals surface area contributed by atoms with Crippen LogP contribution in [0.1, 0.15) is 59.8 Å². The van der Waals surface area contributed by atoms with Crippen molar-refractivity contribution in [3.8, 4) is 0 Å². The quantitative estimate of drug-likeness (QED) is 0.849. The number of nitrogens with one attached hydrogen (secondary N) is 1. The average Bonchev–Trinajstić information content (AvgIpc) is 2.48. The Hall–Kier alpha value is -0.0900. The lowest BCUT2D eigenvalue weighted by atomic mass is 9.68. The van der Waals surface area contributed by atoms with E-state index in [2.05, 4.69) is 26.1 Å². The van der Waals surface area contributed by atoms with Crippen LogP contribution in [-0.4, -0.2) is 31.5 Å². The molecule has 1 saturated carbocycles. The Morgan fingerprint density at radius 2 is 1.89 bits per heavy atom. The molecule has 1 N–H and O–H groups in total. The minimum absolute atomic E-state index is 0.158. The summed E-state index contributed by atoms with van der Waals surface area (Å²) in [5.41, 5.74) is 0.260. The van der Waals surface area contributed by atoms with Gasteiger partial charge >= 0.3 is 0 Å². The zero-order chi connectivity index (χ0) is 14.3. The van der Waals surface area contributed by atoms with Crippen LogP contribution in [0.5, 0.6) is 0 Å². The summed E-state index contributed by atoms with van der Waals surface area (Å²) in [7, 11) is -2.96. The van der Waals surface area contributed by atoms with Crippen LogP contribution in [-0.2, 0) is 9.84 Å². The third kappa shape index (κ3) is 2.85. The van der Waals surface area contributed by atoms with Crippen LogP contribution in [0.15, 0.2) is 0 Å².